The lowest BCUT2D eigenvalue weighted by Gasteiger charge is -2.28. The van der Waals surface area contributed by atoms with Crippen LogP contribution in [0.25, 0.3) is 0 Å². The SMILES string of the molecule is CCCC(O)(CC)c1cccc(Cl)c1Cl. The van der Waals surface area contributed by atoms with Crippen LogP contribution in [-0.4, -0.2) is 5.11 Å². The zero-order valence-electron chi connectivity index (χ0n) is 9.06. The molecule has 0 aromatic heterocycles. The largest absolute Gasteiger partial charge is 0.385 e. The maximum absolute atomic E-state index is 10.5. The summed E-state index contributed by atoms with van der Waals surface area (Å²) in [6.07, 6.45) is 2.25. The van der Waals surface area contributed by atoms with Crippen molar-refractivity contribution in [3.05, 3.63) is 33.8 Å². The van der Waals surface area contributed by atoms with Crippen LogP contribution in [0, 0.1) is 0 Å². The van der Waals surface area contributed by atoms with Gasteiger partial charge in [0.25, 0.3) is 0 Å². The Labute approximate surface area is 101 Å². The Morgan fingerprint density at radius 3 is 2.47 bits per heavy atom. The van der Waals surface area contributed by atoms with Gasteiger partial charge in [0, 0.05) is 5.56 Å². The van der Waals surface area contributed by atoms with Crippen molar-refractivity contribution in [1.82, 2.24) is 0 Å². The predicted molar refractivity (Wildman–Crippen MR) is 65.6 cm³/mol. The Bertz CT molecular complexity index is 338. The van der Waals surface area contributed by atoms with Gasteiger partial charge in [-0.1, -0.05) is 55.6 Å². The number of benzene rings is 1. The van der Waals surface area contributed by atoms with Crippen molar-refractivity contribution in [2.75, 3.05) is 0 Å². The van der Waals surface area contributed by atoms with Gasteiger partial charge in [0.1, 0.15) is 0 Å². The highest BCUT2D eigenvalue weighted by atomic mass is 35.5. The Hall–Kier alpha value is -0.240. The Balaban J connectivity index is 3.17. The number of halogens is 2. The number of rotatable bonds is 4. The summed E-state index contributed by atoms with van der Waals surface area (Å²) in [7, 11) is 0. The number of hydrogen-bond donors (Lipinski definition) is 1. The Morgan fingerprint density at radius 2 is 1.93 bits per heavy atom. The zero-order chi connectivity index (χ0) is 11.5. The zero-order valence-corrected chi connectivity index (χ0v) is 10.6. The van der Waals surface area contributed by atoms with Crippen LogP contribution in [0.3, 0.4) is 0 Å². The summed E-state index contributed by atoms with van der Waals surface area (Å²) in [6.45, 7) is 3.99. The molecule has 0 saturated carbocycles. The molecule has 1 unspecified atom stereocenters. The summed E-state index contributed by atoms with van der Waals surface area (Å²) < 4.78 is 0. The fraction of sp³-hybridized carbons (Fsp3) is 0.500. The third-order valence-corrected chi connectivity index (χ3v) is 3.52. The molecule has 1 N–H and O–H groups in total. The monoisotopic (exact) mass is 246 g/mol. The first-order valence-electron chi connectivity index (χ1n) is 5.22. The molecule has 0 amide bonds. The highest BCUT2D eigenvalue weighted by Crippen LogP contribution is 2.37. The normalized spacial score (nSPS) is 15.0. The average Bonchev–Trinajstić information content (AvgIpc) is 2.22. The van der Waals surface area contributed by atoms with Gasteiger partial charge in [0.2, 0.25) is 0 Å². The summed E-state index contributed by atoms with van der Waals surface area (Å²) in [5.74, 6) is 0. The first kappa shape index (κ1) is 12.8. The van der Waals surface area contributed by atoms with Crippen molar-refractivity contribution in [3.8, 4) is 0 Å². The summed E-state index contributed by atoms with van der Waals surface area (Å²) in [4.78, 5) is 0. The van der Waals surface area contributed by atoms with Crippen LogP contribution < -0.4 is 0 Å². The van der Waals surface area contributed by atoms with E-state index < -0.39 is 5.60 Å². The molecule has 0 saturated heterocycles. The van der Waals surface area contributed by atoms with Crippen molar-refractivity contribution in [1.29, 1.82) is 0 Å². The van der Waals surface area contributed by atoms with Crippen LogP contribution in [0.15, 0.2) is 18.2 Å². The minimum absolute atomic E-state index is 0.469. The van der Waals surface area contributed by atoms with E-state index in [4.69, 9.17) is 23.2 Å². The topological polar surface area (TPSA) is 20.2 Å². The van der Waals surface area contributed by atoms with Gasteiger partial charge >= 0.3 is 0 Å². The molecule has 3 heteroatoms. The van der Waals surface area contributed by atoms with Gasteiger partial charge < -0.3 is 5.11 Å². The van der Waals surface area contributed by atoms with Crippen LogP contribution in [0.1, 0.15) is 38.7 Å². The van der Waals surface area contributed by atoms with Crippen molar-refractivity contribution < 1.29 is 5.11 Å². The molecule has 0 fully saturated rings. The van der Waals surface area contributed by atoms with Gasteiger partial charge in [-0.3, -0.25) is 0 Å². The molecule has 0 radical (unpaired) electrons. The van der Waals surface area contributed by atoms with E-state index in [1.165, 1.54) is 0 Å². The molecular weight excluding hydrogens is 231 g/mol. The first-order chi connectivity index (χ1) is 7.05. The van der Waals surface area contributed by atoms with Crippen molar-refractivity contribution >= 4 is 23.2 Å². The van der Waals surface area contributed by atoms with E-state index in [2.05, 4.69) is 0 Å². The molecule has 1 nitrogen and oxygen atoms in total. The minimum atomic E-state index is -0.850. The lowest BCUT2D eigenvalue weighted by Crippen LogP contribution is -2.24. The third kappa shape index (κ3) is 2.66. The molecule has 0 aliphatic carbocycles. The second-order valence-corrected chi connectivity index (χ2v) is 4.52. The molecule has 15 heavy (non-hydrogen) atoms. The molecule has 1 atom stereocenters. The Kier molecular flexibility index (Phi) is 4.45. The summed E-state index contributed by atoms with van der Waals surface area (Å²) in [5.41, 5.74) is -0.113. The van der Waals surface area contributed by atoms with E-state index in [0.717, 1.165) is 12.0 Å². The highest BCUT2D eigenvalue weighted by molar-refractivity contribution is 6.42. The first-order valence-corrected chi connectivity index (χ1v) is 5.97. The van der Waals surface area contributed by atoms with Gasteiger partial charge in [0.15, 0.2) is 0 Å². The predicted octanol–water partition coefficient (Wildman–Crippen LogP) is 4.39. The fourth-order valence-electron chi connectivity index (χ4n) is 1.78. The van der Waals surface area contributed by atoms with Crippen molar-refractivity contribution in [2.45, 2.75) is 38.7 Å². The summed E-state index contributed by atoms with van der Waals surface area (Å²) in [5, 5.41) is 11.4. The lowest BCUT2D eigenvalue weighted by molar-refractivity contribution is 0.0227. The molecular formula is C12H16Cl2O. The van der Waals surface area contributed by atoms with Gasteiger partial charge in [0.05, 0.1) is 15.6 Å². The summed E-state index contributed by atoms with van der Waals surface area (Å²) in [6, 6.07) is 5.39. The van der Waals surface area contributed by atoms with Crippen LogP contribution >= 0.6 is 23.2 Å². The van der Waals surface area contributed by atoms with Gasteiger partial charge in [-0.05, 0) is 18.9 Å². The molecule has 0 spiro atoms. The number of aliphatic hydroxyl groups is 1. The van der Waals surface area contributed by atoms with Crippen LogP contribution in [0.5, 0.6) is 0 Å². The molecule has 0 heterocycles. The van der Waals surface area contributed by atoms with E-state index in [-0.39, 0.29) is 0 Å². The molecule has 1 aromatic carbocycles. The Morgan fingerprint density at radius 1 is 1.27 bits per heavy atom. The number of hydrogen-bond acceptors (Lipinski definition) is 1. The molecule has 0 bridgehead atoms. The fourth-order valence-corrected chi connectivity index (χ4v) is 2.26. The molecule has 1 aromatic rings. The lowest BCUT2D eigenvalue weighted by atomic mass is 9.87. The maximum atomic E-state index is 10.5. The van der Waals surface area contributed by atoms with Gasteiger partial charge in [-0.2, -0.15) is 0 Å². The molecule has 0 aliphatic rings. The molecule has 0 aliphatic heterocycles. The van der Waals surface area contributed by atoms with E-state index >= 15 is 0 Å². The standard InChI is InChI=1S/C12H16Cl2O/c1-3-8-12(15,4-2)9-6-5-7-10(13)11(9)14/h5-7,15H,3-4,8H2,1-2H3. The summed E-state index contributed by atoms with van der Waals surface area (Å²) >= 11 is 12.0. The molecule has 84 valence electrons. The molecule has 1 rings (SSSR count). The van der Waals surface area contributed by atoms with Crippen molar-refractivity contribution in [3.63, 3.8) is 0 Å². The van der Waals surface area contributed by atoms with Gasteiger partial charge in [-0.15, -0.1) is 0 Å². The van der Waals surface area contributed by atoms with E-state index in [0.29, 0.717) is 22.9 Å². The van der Waals surface area contributed by atoms with E-state index in [1.807, 2.05) is 26.0 Å². The van der Waals surface area contributed by atoms with E-state index in [1.54, 1.807) is 6.07 Å². The van der Waals surface area contributed by atoms with Gasteiger partial charge in [-0.25, -0.2) is 0 Å². The maximum Gasteiger partial charge on any atom is 0.0908 e. The second kappa shape index (κ2) is 5.20. The van der Waals surface area contributed by atoms with Crippen LogP contribution in [-0.2, 0) is 5.60 Å². The van der Waals surface area contributed by atoms with Crippen LogP contribution in [0.2, 0.25) is 10.0 Å². The third-order valence-electron chi connectivity index (χ3n) is 2.70. The van der Waals surface area contributed by atoms with E-state index in [9.17, 15) is 5.11 Å². The smallest absolute Gasteiger partial charge is 0.0908 e. The quantitative estimate of drug-likeness (QED) is 0.836. The van der Waals surface area contributed by atoms with Crippen LogP contribution in [0.4, 0.5) is 0 Å². The highest BCUT2D eigenvalue weighted by Gasteiger charge is 2.28. The average molecular weight is 247 g/mol. The minimum Gasteiger partial charge on any atom is -0.385 e. The second-order valence-electron chi connectivity index (χ2n) is 3.74. The van der Waals surface area contributed by atoms with Crippen molar-refractivity contribution in [2.24, 2.45) is 0 Å².